The van der Waals surface area contributed by atoms with E-state index >= 15 is 0 Å². The summed E-state index contributed by atoms with van der Waals surface area (Å²) in [6.07, 6.45) is 5.72. The molecule has 0 aromatic rings. The molecule has 1 saturated carbocycles. The first-order chi connectivity index (χ1) is 6.15. The van der Waals surface area contributed by atoms with Crippen LogP contribution in [-0.2, 0) is 0 Å². The average Bonchev–Trinajstić information content (AvgIpc) is 2.17. The first kappa shape index (κ1) is 11.0. The van der Waals surface area contributed by atoms with Crippen LogP contribution in [0.1, 0.15) is 46.5 Å². The first-order valence-electron chi connectivity index (χ1n) is 5.85. The van der Waals surface area contributed by atoms with Gasteiger partial charge in [-0.3, -0.25) is 0 Å². The van der Waals surface area contributed by atoms with E-state index in [0.717, 1.165) is 30.2 Å². The molecular formula is C12H25N. The van der Waals surface area contributed by atoms with Crippen LogP contribution in [0.2, 0.25) is 0 Å². The third kappa shape index (κ3) is 2.98. The van der Waals surface area contributed by atoms with Gasteiger partial charge in [-0.2, -0.15) is 0 Å². The zero-order chi connectivity index (χ0) is 9.84. The molecule has 78 valence electrons. The fourth-order valence-corrected chi connectivity index (χ4v) is 2.58. The quantitative estimate of drug-likeness (QED) is 0.715. The highest BCUT2D eigenvalue weighted by Gasteiger charge is 2.26. The van der Waals surface area contributed by atoms with Crippen molar-refractivity contribution >= 4 is 0 Å². The first-order valence-corrected chi connectivity index (χ1v) is 5.85. The highest BCUT2D eigenvalue weighted by atomic mass is 14.6. The van der Waals surface area contributed by atoms with E-state index in [9.17, 15) is 0 Å². The highest BCUT2D eigenvalue weighted by Crippen LogP contribution is 2.36. The Bertz CT molecular complexity index is 142. The van der Waals surface area contributed by atoms with Crippen molar-refractivity contribution in [2.75, 3.05) is 6.54 Å². The van der Waals surface area contributed by atoms with Crippen LogP contribution >= 0.6 is 0 Å². The van der Waals surface area contributed by atoms with Gasteiger partial charge < -0.3 is 5.73 Å². The second-order valence-electron chi connectivity index (χ2n) is 5.14. The average molecular weight is 183 g/mol. The molecule has 0 amide bonds. The van der Waals surface area contributed by atoms with Crippen LogP contribution in [0.15, 0.2) is 0 Å². The van der Waals surface area contributed by atoms with E-state index in [0.29, 0.717) is 0 Å². The minimum absolute atomic E-state index is 0.738. The Morgan fingerprint density at radius 2 is 1.77 bits per heavy atom. The van der Waals surface area contributed by atoms with E-state index in [-0.39, 0.29) is 0 Å². The Labute approximate surface area is 83.1 Å². The lowest BCUT2D eigenvalue weighted by Gasteiger charge is -2.34. The van der Waals surface area contributed by atoms with Crippen LogP contribution in [0.5, 0.6) is 0 Å². The zero-order valence-electron chi connectivity index (χ0n) is 9.42. The van der Waals surface area contributed by atoms with Crippen molar-refractivity contribution in [3.05, 3.63) is 0 Å². The third-order valence-corrected chi connectivity index (χ3v) is 3.87. The zero-order valence-corrected chi connectivity index (χ0v) is 9.42. The van der Waals surface area contributed by atoms with E-state index in [4.69, 9.17) is 5.73 Å². The summed E-state index contributed by atoms with van der Waals surface area (Å²) >= 11 is 0. The van der Waals surface area contributed by atoms with Crippen LogP contribution in [0.25, 0.3) is 0 Å². The summed E-state index contributed by atoms with van der Waals surface area (Å²) in [6.45, 7) is 7.91. The number of hydrogen-bond donors (Lipinski definition) is 1. The fourth-order valence-electron chi connectivity index (χ4n) is 2.58. The maximum Gasteiger partial charge on any atom is -0.00489 e. The minimum atomic E-state index is 0.738. The molecule has 1 nitrogen and oxygen atoms in total. The number of nitrogens with two attached hydrogens (primary N) is 1. The molecule has 13 heavy (non-hydrogen) atoms. The molecule has 0 radical (unpaired) electrons. The second kappa shape index (κ2) is 4.99. The monoisotopic (exact) mass is 183 g/mol. The molecule has 0 aromatic heterocycles. The molecule has 0 heterocycles. The largest absolute Gasteiger partial charge is 0.330 e. The van der Waals surface area contributed by atoms with Crippen LogP contribution in [0.3, 0.4) is 0 Å². The molecule has 1 aliphatic rings. The molecule has 0 aliphatic heterocycles. The smallest absolute Gasteiger partial charge is 0.00489 e. The molecule has 0 saturated heterocycles. The van der Waals surface area contributed by atoms with E-state index in [1.54, 1.807) is 0 Å². The van der Waals surface area contributed by atoms with E-state index in [1.165, 1.54) is 25.7 Å². The van der Waals surface area contributed by atoms with Crippen molar-refractivity contribution < 1.29 is 0 Å². The van der Waals surface area contributed by atoms with Gasteiger partial charge in [-0.1, -0.05) is 40.0 Å². The molecular weight excluding hydrogens is 158 g/mol. The van der Waals surface area contributed by atoms with Crippen molar-refractivity contribution in [3.63, 3.8) is 0 Å². The molecule has 1 fully saturated rings. The van der Waals surface area contributed by atoms with Gasteiger partial charge in [0.15, 0.2) is 0 Å². The summed E-state index contributed by atoms with van der Waals surface area (Å²) in [4.78, 5) is 0. The molecule has 3 unspecified atom stereocenters. The normalized spacial score (nSPS) is 32.1. The molecule has 3 atom stereocenters. The summed E-state index contributed by atoms with van der Waals surface area (Å²) in [7, 11) is 0. The summed E-state index contributed by atoms with van der Waals surface area (Å²) in [5, 5.41) is 0. The van der Waals surface area contributed by atoms with Crippen molar-refractivity contribution in [2.45, 2.75) is 46.5 Å². The van der Waals surface area contributed by atoms with E-state index < -0.39 is 0 Å². The lowest BCUT2D eigenvalue weighted by molar-refractivity contribution is 0.173. The van der Waals surface area contributed by atoms with Gasteiger partial charge in [0.1, 0.15) is 0 Å². The van der Waals surface area contributed by atoms with Gasteiger partial charge in [0, 0.05) is 0 Å². The Balaban J connectivity index is 2.41. The van der Waals surface area contributed by atoms with Crippen LogP contribution in [-0.4, -0.2) is 6.54 Å². The number of rotatable bonds is 3. The van der Waals surface area contributed by atoms with Gasteiger partial charge in [-0.25, -0.2) is 0 Å². The van der Waals surface area contributed by atoms with Gasteiger partial charge in [0.2, 0.25) is 0 Å². The van der Waals surface area contributed by atoms with Crippen LogP contribution < -0.4 is 5.73 Å². The predicted octanol–water partition coefficient (Wildman–Crippen LogP) is 3.04. The molecule has 0 aromatic carbocycles. The minimum Gasteiger partial charge on any atom is -0.330 e. The molecule has 0 spiro atoms. The van der Waals surface area contributed by atoms with E-state index in [1.807, 2.05) is 0 Å². The Morgan fingerprint density at radius 1 is 1.15 bits per heavy atom. The fraction of sp³-hybridized carbons (Fsp3) is 1.00. The third-order valence-electron chi connectivity index (χ3n) is 3.87. The van der Waals surface area contributed by atoms with Gasteiger partial charge in [-0.05, 0) is 36.6 Å². The topological polar surface area (TPSA) is 26.0 Å². The Morgan fingerprint density at radius 3 is 2.31 bits per heavy atom. The second-order valence-corrected chi connectivity index (χ2v) is 5.14. The van der Waals surface area contributed by atoms with Gasteiger partial charge >= 0.3 is 0 Å². The van der Waals surface area contributed by atoms with Gasteiger partial charge in [0.25, 0.3) is 0 Å². The maximum absolute atomic E-state index is 5.72. The predicted molar refractivity (Wildman–Crippen MR) is 58.5 cm³/mol. The molecule has 1 heteroatoms. The van der Waals surface area contributed by atoms with Crippen molar-refractivity contribution in [2.24, 2.45) is 29.4 Å². The van der Waals surface area contributed by atoms with Crippen molar-refractivity contribution in [1.82, 2.24) is 0 Å². The van der Waals surface area contributed by atoms with Gasteiger partial charge in [0.05, 0.1) is 0 Å². The standard InChI is InChI=1S/C12H25N/c1-9(2)11-5-4-6-12(7-11)10(3)8-13/h9-12H,4-8,13H2,1-3H3. The van der Waals surface area contributed by atoms with E-state index in [2.05, 4.69) is 20.8 Å². The van der Waals surface area contributed by atoms with Crippen molar-refractivity contribution in [3.8, 4) is 0 Å². The maximum atomic E-state index is 5.72. The lowest BCUT2D eigenvalue weighted by atomic mass is 9.72. The molecule has 1 aliphatic carbocycles. The summed E-state index contributed by atoms with van der Waals surface area (Å²) in [5.41, 5.74) is 5.72. The molecule has 0 bridgehead atoms. The highest BCUT2D eigenvalue weighted by molar-refractivity contribution is 4.78. The summed E-state index contributed by atoms with van der Waals surface area (Å²) < 4.78 is 0. The molecule has 2 N–H and O–H groups in total. The van der Waals surface area contributed by atoms with Crippen LogP contribution in [0, 0.1) is 23.7 Å². The SMILES string of the molecule is CC(C)C1CCCC(C(C)CN)C1. The lowest BCUT2D eigenvalue weighted by Crippen LogP contribution is -2.27. The summed E-state index contributed by atoms with van der Waals surface area (Å²) in [6, 6.07) is 0. The molecule has 1 rings (SSSR count). The van der Waals surface area contributed by atoms with Crippen LogP contribution in [0.4, 0.5) is 0 Å². The Hall–Kier alpha value is -0.0400. The van der Waals surface area contributed by atoms with Gasteiger partial charge in [-0.15, -0.1) is 0 Å². The summed E-state index contributed by atoms with van der Waals surface area (Å²) in [5.74, 6) is 3.48. The number of hydrogen-bond acceptors (Lipinski definition) is 1. The Kier molecular flexibility index (Phi) is 4.24. The van der Waals surface area contributed by atoms with Crippen molar-refractivity contribution in [1.29, 1.82) is 0 Å².